The van der Waals surface area contributed by atoms with Crippen LogP contribution in [0.2, 0.25) is 0 Å². The summed E-state index contributed by atoms with van der Waals surface area (Å²) < 4.78 is 32.3. The van der Waals surface area contributed by atoms with Gasteiger partial charge in [-0.25, -0.2) is 23.1 Å². The summed E-state index contributed by atoms with van der Waals surface area (Å²) in [7, 11) is -3.78. The van der Waals surface area contributed by atoms with E-state index in [9.17, 15) is 13.7 Å². The first-order valence-electron chi connectivity index (χ1n) is 24.8. The number of unbranched alkanes of at least 4 members (excludes halogenated alkanes) is 2. The predicted octanol–water partition coefficient (Wildman–Crippen LogP) is 15.2. The van der Waals surface area contributed by atoms with Crippen LogP contribution in [0.25, 0.3) is 15.3 Å². The van der Waals surface area contributed by atoms with Crippen LogP contribution in [0.4, 0.5) is 34.5 Å². The van der Waals surface area contributed by atoms with Crippen LogP contribution in [0.3, 0.4) is 0 Å². The van der Waals surface area contributed by atoms with Crippen molar-refractivity contribution in [3.8, 4) is 11.2 Å². The Kier molecular flexibility index (Phi) is 17.2. The van der Waals surface area contributed by atoms with Gasteiger partial charge in [0.2, 0.25) is 15.2 Å². The average Bonchev–Trinajstić information content (AvgIpc) is 3.89. The number of nitrogens with one attached hydrogen (secondary N) is 2. The predicted molar refractivity (Wildman–Crippen MR) is 287 cm³/mol. The van der Waals surface area contributed by atoms with Crippen LogP contribution in [0, 0.1) is 71.6 Å². The van der Waals surface area contributed by atoms with Crippen LogP contribution in [0.1, 0.15) is 150 Å². The first-order chi connectivity index (χ1) is 32.7. The number of aromatic nitrogens is 4. The number of benzene rings is 3. The second-order valence-corrected chi connectivity index (χ2v) is 22.9. The molecule has 0 radical (unpaired) electrons. The molecule has 368 valence electrons. The Hall–Kier alpha value is -5.49. The van der Waals surface area contributed by atoms with E-state index in [0.717, 1.165) is 91.8 Å². The van der Waals surface area contributed by atoms with Crippen LogP contribution < -0.4 is 14.9 Å². The van der Waals surface area contributed by atoms with Crippen molar-refractivity contribution in [1.82, 2.24) is 24.5 Å². The van der Waals surface area contributed by atoms with E-state index < -0.39 is 15.4 Å². The number of rotatable bonds is 21. The zero-order valence-electron chi connectivity index (χ0n) is 43.6. The average molecular weight is 971 g/mol. The fourth-order valence-electron chi connectivity index (χ4n) is 9.33. The van der Waals surface area contributed by atoms with E-state index in [1.165, 1.54) is 33.6 Å². The van der Waals surface area contributed by atoms with Gasteiger partial charge in [-0.2, -0.15) is 15.0 Å². The molecule has 6 rings (SSSR count). The fourth-order valence-corrected chi connectivity index (χ4v) is 11.5. The molecular formula is C55H74N10O2S2. The summed E-state index contributed by atoms with van der Waals surface area (Å²) in [5, 5.41) is 29.9. The minimum atomic E-state index is -3.78. The van der Waals surface area contributed by atoms with E-state index in [2.05, 4.69) is 121 Å². The maximum Gasteiger partial charge on any atom is 0.240 e. The number of anilines is 4. The molecule has 3 heterocycles. The minimum Gasteiger partial charge on any atom is -0.338 e. The summed E-state index contributed by atoms with van der Waals surface area (Å²) in [5.41, 5.74) is 11.3. The number of sulfonamides is 1. The van der Waals surface area contributed by atoms with Crippen molar-refractivity contribution >= 4 is 66.1 Å². The number of aryl methyl sites for hydroxylation is 7. The lowest BCUT2D eigenvalue weighted by Crippen LogP contribution is -2.29. The quantitative estimate of drug-likeness (QED) is 0.0676. The zero-order valence-corrected chi connectivity index (χ0v) is 45.2. The molecule has 3 aromatic carbocycles. The Bertz CT molecular complexity index is 2930. The van der Waals surface area contributed by atoms with Crippen LogP contribution in [-0.2, 0) is 15.4 Å². The molecule has 6 aromatic rings. The highest BCUT2D eigenvalue weighted by Gasteiger charge is 2.30. The Morgan fingerprint density at radius 1 is 0.797 bits per heavy atom. The molecule has 0 aliphatic rings. The van der Waals surface area contributed by atoms with Gasteiger partial charge in [0.15, 0.2) is 11.6 Å². The van der Waals surface area contributed by atoms with Crippen molar-refractivity contribution in [1.29, 1.82) is 5.26 Å². The van der Waals surface area contributed by atoms with Gasteiger partial charge in [0.05, 0.1) is 20.8 Å². The van der Waals surface area contributed by atoms with Gasteiger partial charge in [0.1, 0.15) is 23.1 Å². The number of azo groups is 1. The Labute approximate surface area is 416 Å². The molecule has 2 N–H and O–H groups in total. The molecule has 0 amide bonds. The summed E-state index contributed by atoms with van der Waals surface area (Å²) in [4.78, 5) is 13.0. The van der Waals surface area contributed by atoms with Crippen LogP contribution in [-0.4, -0.2) is 41.3 Å². The molecule has 0 aliphatic heterocycles. The van der Waals surface area contributed by atoms with Gasteiger partial charge < -0.3 is 10.2 Å². The number of nitrogens with zero attached hydrogens (tertiary/aromatic N) is 8. The molecule has 0 spiro atoms. The molecule has 12 nitrogen and oxygen atoms in total. The summed E-state index contributed by atoms with van der Waals surface area (Å²) in [6, 6.07) is 18.3. The van der Waals surface area contributed by atoms with Crippen molar-refractivity contribution in [2.24, 2.45) is 22.1 Å². The van der Waals surface area contributed by atoms with Gasteiger partial charge in [-0.1, -0.05) is 134 Å². The zero-order chi connectivity index (χ0) is 50.4. The number of hydrogen-bond donors (Lipinski definition) is 2. The first kappa shape index (κ1) is 52.9. The number of fused-ring (bicyclic) bond motifs is 1. The van der Waals surface area contributed by atoms with Crippen molar-refractivity contribution in [2.75, 3.05) is 23.3 Å². The fraction of sp³-hybridized carbons (Fsp3) is 0.491. The number of hydrogen-bond acceptors (Lipinski definition) is 11. The third-order valence-corrected chi connectivity index (χ3v) is 15.5. The maximum atomic E-state index is 13.6. The van der Waals surface area contributed by atoms with Crippen molar-refractivity contribution in [3.05, 3.63) is 98.7 Å². The molecule has 14 heteroatoms. The smallest absolute Gasteiger partial charge is 0.240 e. The minimum absolute atomic E-state index is 0.173. The third kappa shape index (κ3) is 12.3. The van der Waals surface area contributed by atoms with Crippen molar-refractivity contribution in [3.63, 3.8) is 0 Å². The summed E-state index contributed by atoms with van der Waals surface area (Å²) in [6.07, 6.45) is 8.50. The van der Waals surface area contributed by atoms with Crippen LogP contribution in [0.15, 0.2) is 63.7 Å². The maximum absolute atomic E-state index is 13.6. The van der Waals surface area contributed by atoms with Gasteiger partial charge in [0.25, 0.3) is 0 Å². The van der Waals surface area contributed by atoms with Crippen molar-refractivity contribution < 1.29 is 8.42 Å². The molecule has 69 heavy (non-hydrogen) atoms. The Morgan fingerprint density at radius 2 is 1.41 bits per heavy atom. The standard InChI is InChI=1S/C55H74N10O2S2/c1-15-19-21-41(17-3)32-57-69(66,67)43-23-24-45-46(30-43)68-54(58-45)65-53(44(31-56)51(63-65)55(12,13)14)62-61-49-38(9)29-47(59-52(49)60-48-36(7)25-34(5)26-37(48)8)64(33-42(18-4)22-20-16-2)50-39(10)27-35(6)28-40(50)11/h23-30,41-42,57H,15-22,32-33H2,1-14H3,(H,59,60)/b62-61-. The summed E-state index contributed by atoms with van der Waals surface area (Å²) in [6.45, 7) is 30.8. The third-order valence-electron chi connectivity index (χ3n) is 13.1. The lowest BCUT2D eigenvalue weighted by Gasteiger charge is -2.32. The Balaban J connectivity index is 1.51. The lowest BCUT2D eigenvalue weighted by atomic mass is 9.90. The highest BCUT2D eigenvalue weighted by molar-refractivity contribution is 7.89. The van der Waals surface area contributed by atoms with Crippen molar-refractivity contribution in [2.45, 2.75) is 159 Å². The lowest BCUT2D eigenvalue weighted by molar-refractivity contribution is 0.444. The largest absolute Gasteiger partial charge is 0.338 e. The molecule has 0 fully saturated rings. The second kappa shape index (κ2) is 22.5. The van der Waals surface area contributed by atoms with Gasteiger partial charge in [0, 0.05) is 29.9 Å². The SMILES string of the molecule is CCCCC(CC)CNS(=O)(=O)c1ccc2nc(-n3nc(C(C)(C)C)c(C#N)c3/N=N\c3c(C)cc(N(CC(CC)CCCC)c4c(C)cc(C)cc4C)nc3Nc3c(C)cc(C)cc3C)sc2c1. The van der Waals surface area contributed by atoms with Gasteiger partial charge in [-0.15, -0.1) is 10.2 Å². The van der Waals surface area contributed by atoms with E-state index >= 15 is 0 Å². The van der Waals surface area contributed by atoms with E-state index in [1.54, 1.807) is 22.9 Å². The Morgan fingerprint density at radius 3 is 1.99 bits per heavy atom. The molecule has 3 aromatic heterocycles. The normalized spacial score (nSPS) is 13.1. The first-order valence-corrected chi connectivity index (χ1v) is 27.1. The molecule has 0 bridgehead atoms. The van der Waals surface area contributed by atoms with E-state index in [-0.39, 0.29) is 22.2 Å². The molecule has 2 unspecified atom stereocenters. The molecule has 2 atom stereocenters. The topological polar surface area (TPSA) is 154 Å². The molecular weight excluding hydrogens is 897 g/mol. The van der Waals surface area contributed by atoms with Gasteiger partial charge in [-0.05, 0) is 125 Å². The monoisotopic (exact) mass is 971 g/mol. The van der Waals surface area contributed by atoms with Gasteiger partial charge >= 0.3 is 0 Å². The van der Waals surface area contributed by atoms with E-state index in [0.29, 0.717) is 45.0 Å². The van der Waals surface area contributed by atoms with Crippen LogP contribution in [0.5, 0.6) is 0 Å². The number of nitriles is 1. The van der Waals surface area contributed by atoms with E-state index in [4.69, 9.17) is 25.3 Å². The van der Waals surface area contributed by atoms with Crippen LogP contribution >= 0.6 is 11.3 Å². The highest BCUT2D eigenvalue weighted by Crippen LogP contribution is 2.42. The molecule has 0 saturated carbocycles. The second-order valence-electron chi connectivity index (χ2n) is 20.1. The summed E-state index contributed by atoms with van der Waals surface area (Å²) in [5.74, 6) is 2.30. The molecule has 0 saturated heterocycles. The molecule has 0 aliphatic carbocycles. The highest BCUT2D eigenvalue weighted by atomic mass is 32.2. The van der Waals surface area contributed by atoms with E-state index in [1.807, 2.05) is 27.7 Å². The number of pyridine rings is 1. The number of thiazole rings is 1. The summed E-state index contributed by atoms with van der Waals surface area (Å²) >= 11 is 1.29. The van der Waals surface area contributed by atoms with Gasteiger partial charge in [-0.3, -0.25) is 0 Å².